The number of amides is 1. The van der Waals surface area contributed by atoms with Crippen LogP contribution < -0.4 is 9.46 Å². The van der Waals surface area contributed by atoms with Crippen LogP contribution in [0.4, 0.5) is 5.69 Å². The highest BCUT2D eigenvalue weighted by Gasteiger charge is 2.30. The summed E-state index contributed by atoms with van der Waals surface area (Å²) in [6.07, 6.45) is 1.99. The minimum atomic E-state index is -3.82. The number of nitrogens with one attached hydrogen (secondary N) is 1. The van der Waals surface area contributed by atoms with E-state index >= 15 is 0 Å². The van der Waals surface area contributed by atoms with E-state index < -0.39 is 10.0 Å². The van der Waals surface area contributed by atoms with Crippen LogP contribution in [0.5, 0.6) is 5.75 Å². The lowest BCUT2D eigenvalue weighted by Gasteiger charge is -2.17. The maximum absolute atomic E-state index is 12.7. The first-order valence-electron chi connectivity index (χ1n) is 8.64. The van der Waals surface area contributed by atoms with Crippen molar-refractivity contribution in [3.05, 3.63) is 52.5 Å². The molecule has 1 N–H and O–H groups in total. The van der Waals surface area contributed by atoms with E-state index in [1.54, 1.807) is 42.3 Å². The molecule has 8 heteroatoms. The zero-order valence-electron chi connectivity index (χ0n) is 15.1. The van der Waals surface area contributed by atoms with E-state index in [2.05, 4.69) is 20.7 Å². The predicted molar refractivity (Wildman–Crippen MR) is 108 cm³/mol. The van der Waals surface area contributed by atoms with E-state index in [9.17, 15) is 13.2 Å². The van der Waals surface area contributed by atoms with Gasteiger partial charge in [-0.25, -0.2) is 8.42 Å². The van der Waals surface area contributed by atoms with E-state index in [1.165, 1.54) is 12.1 Å². The average Bonchev–Trinajstić information content (AvgIpc) is 3.48. The molecule has 0 aliphatic heterocycles. The van der Waals surface area contributed by atoms with Gasteiger partial charge in [-0.1, -0.05) is 6.07 Å². The van der Waals surface area contributed by atoms with Crippen LogP contribution in [-0.4, -0.2) is 38.9 Å². The second kappa shape index (κ2) is 7.90. The van der Waals surface area contributed by atoms with Gasteiger partial charge in [-0.3, -0.25) is 9.52 Å². The molecule has 2 aromatic rings. The van der Waals surface area contributed by atoms with Gasteiger partial charge in [0.05, 0.1) is 21.7 Å². The second-order valence-electron chi connectivity index (χ2n) is 6.36. The number of benzene rings is 2. The number of carbonyl (C=O) groups is 1. The fraction of sp³-hybridized carbons (Fsp3) is 0.316. The number of carbonyl (C=O) groups excluding carboxylic acids is 1. The predicted octanol–water partition coefficient (Wildman–Crippen LogP) is 3.88. The third-order valence-corrected chi connectivity index (χ3v) is 6.29. The van der Waals surface area contributed by atoms with Crippen molar-refractivity contribution in [2.45, 2.75) is 30.7 Å². The van der Waals surface area contributed by atoms with Gasteiger partial charge in [0.25, 0.3) is 15.9 Å². The van der Waals surface area contributed by atoms with Crippen molar-refractivity contribution in [2.75, 3.05) is 18.4 Å². The molecule has 0 radical (unpaired) electrons. The average molecular weight is 453 g/mol. The Labute approximate surface area is 167 Å². The topological polar surface area (TPSA) is 75.7 Å². The van der Waals surface area contributed by atoms with Gasteiger partial charge in [0, 0.05) is 18.7 Å². The van der Waals surface area contributed by atoms with Gasteiger partial charge >= 0.3 is 0 Å². The first kappa shape index (κ1) is 19.7. The van der Waals surface area contributed by atoms with Crippen molar-refractivity contribution >= 4 is 37.5 Å². The number of hydrogen-bond donors (Lipinski definition) is 1. The van der Waals surface area contributed by atoms with Crippen LogP contribution in [0.25, 0.3) is 0 Å². The number of anilines is 1. The number of rotatable bonds is 7. The molecule has 27 heavy (non-hydrogen) atoms. The second-order valence-corrected chi connectivity index (χ2v) is 8.90. The molecule has 0 bridgehead atoms. The maximum Gasteiger partial charge on any atom is 0.261 e. The van der Waals surface area contributed by atoms with Gasteiger partial charge < -0.3 is 9.64 Å². The molecule has 0 atom stereocenters. The van der Waals surface area contributed by atoms with Crippen LogP contribution in [0.2, 0.25) is 0 Å². The summed E-state index contributed by atoms with van der Waals surface area (Å²) < 4.78 is 34.1. The molecule has 6 nitrogen and oxygen atoms in total. The zero-order valence-corrected chi connectivity index (χ0v) is 17.5. The van der Waals surface area contributed by atoms with E-state index in [1.807, 2.05) is 6.92 Å². The summed E-state index contributed by atoms with van der Waals surface area (Å²) in [5.41, 5.74) is 0.761. The number of ether oxygens (including phenoxy) is 1. The van der Waals surface area contributed by atoms with Gasteiger partial charge in [0.2, 0.25) is 0 Å². The van der Waals surface area contributed by atoms with Crippen LogP contribution in [0.3, 0.4) is 0 Å². The molecule has 1 aliphatic rings. The van der Waals surface area contributed by atoms with Gasteiger partial charge in [0.1, 0.15) is 5.75 Å². The summed E-state index contributed by atoms with van der Waals surface area (Å²) in [4.78, 5) is 14.2. The molecule has 1 fully saturated rings. The third kappa shape index (κ3) is 4.62. The van der Waals surface area contributed by atoms with Crippen molar-refractivity contribution < 1.29 is 17.9 Å². The van der Waals surface area contributed by atoms with Crippen LogP contribution >= 0.6 is 15.9 Å². The number of sulfonamides is 1. The van der Waals surface area contributed by atoms with Crippen LogP contribution in [0.1, 0.15) is 30.1 Å². The first-order valence-corrected chi connectivity index (χ1v) is 10.9. The van der Waals surface area contributed by atoms with E-state index in [4.69, 9.17) is 4.74 Å². The van der Waals surface area contributed by atoms with E-state index in [-0.39, 0.29) is 16.8 Å². The highest BCUT2D eigenvalue weighted by molar-refractivity contribution is 9.10. The summed E-state index contributed by atoms with van der Waals surface area (Å²) in [7, 11) is -2.08. The number of nitrogens with zero attached hydrogens (tertiary/aromatic N) is 1. The standard InChI is InChI=1S/C19H21BrN2O4S/c1-3-26-18-10-7-14(12-17(18)20)21-27(24,25)16-6-4-5-13(11-16)19(23)22(2)15-8-9-15/h4-7,10-12,15,21H,3,8-9H2,1-2H3. The monoisotopic (exact) mass is 452 g/mol. The van der Waals surface area contributed by atoms with Crippen molar-refractivity contribution in [2.24, 2.45) is 0 Å². The maximum atomic E-state index is 12.7. The van der Waals surface area contributed by atoms with Crippen molar-refractivity contribution in [3.8, 4) is 5.75 Å². The minimum absolute atomic E-state index is 0.0440. The molecule has 144 valence electrons. The van der Waals surface area contributed by atoms with Crippen molar-refractivity contribution in [3.63, 3.8) is 0 Å². The SMILES string of the molecule is CCOc1ccc(NS(=O)(=O)c2cccc(C(=O)N(C)C3CC3)c2)cc1Br. The van der Waals surface area contributed by atoms with E-state index in [0.29, 0.717) is 28.1 Å². The lowest BCUT2D eigenvalue weighted by molar-refractivity contribution is 0.0785. The molecule has 0 unspecified atom stereocenters. The molecular weight excluding hydrogens is 432 g/mol. The Hall–Kier alpha value is -2.06. The summed E-state index contributed by atoms with van der Waals surface area (Å²) >= 11 is 3.37. The summed E-state index contributed by atoms with van der Waals surface area (Å²) in [6.45, 7) is 2.39. The molecule has 1 aliphatic carbocycles. The highest BCUT2D eigenvalue weighted by atomic mass is 79.9. The molecule has 0 aromatic heterocycles. The van der Waals surface area contributed by atoms with Crippen LogP contribution in [0, 0.1) is 0 Å². The molecule has 1 amide bonds. The Morgan fingerprint density at radius 2 is 2.00 bits per heavy atom. The number of hydrogen-bond acceptors (Lipinski definition) is 4. The number of halogens is 1. The normalized spacial score (nSPS) is 13.9. The molecule has 0 saturated heterocycles. The van der Waals surface area contributed by atoms with Gasteiger partial charge in [-0.15, -0.1) is 0 Å². The Morgan fingerprint density at radius 1 is 1.26 bits per heavy atom. The Morgan fingerprint density at radius 3 is 2.63 bits per heavy atom. The Kier molecular flexibility index (Phi) is 5.76. The van der Waals surface area contributed by atoms with Gasteiger partial charge in [-0.2, -0.15) is 0 Å². The molecular formula is C19H21BrN2O4S. The summed E-state index contributed by atoms with van der Waals surface area (Å²) in [6, 6.07) is 11.3. The molecule has 0 heterocycles. The van der Waals surface area contributed by atoms with Crippen LogP contribution in [-0.2, 0) is 10.0 Å². The van der Waals surface area contributed by atoms with Gasteiger partial charge in [-0.05, 0) is 72.1 Å². The van der Waals surface area contributed by atoms with Crippen molar-refractivity contribution in [1.82, 2.24) is 4.90 Å². The lowest BCUT2D eigenvalue weighted by Crippen LogP contribution is -2.28. The molecule has 3 rings (SSSR count). The highest BCUT2D eigenvalue weighted by Crippen LogP contribution is 2.30. The summed E-state index contributed by atoms with van der Waals surface area (Å²) in [5, 5.41) is 0. The largest absolute Gasteiger partial charge is 0.493 e. The molecule has 1 saturated carbocycles. The minimum Gasteiger partial charge on any atom is -0.493 e. The van der Waals surface area contributed by atoms with E-state index in [0.717, 1.165) is 12.8 Å². The van der Waals surface area contributed by atoms with Crippen molar-refractivity contribution in [1.29, 1.82) is 0 Å². The summed E-state index contributed by atoms with van der Waals surface area (Å²) in [5.74, 6) is 0.467. The van der Waals surface area contributed by atoms with Gasteiger partial charge in [0.15, 0.2) is 0 Å². The first-order chi connectivity index (χ1) is 12.8. The molecule has 0 spiro atoms. The quantitative estimate of drug-likeness (QED) is 0.691. The third-order valence-electron chi connectivity index (χ3n) is 4.29. The smallest absolute Gasteiger partial charge is 0.261 e. The Balaban J connectivity index is 1.81. The fourth-order valence-electron chi connectivity index (χ4n) is 2.68. The molecule has 2 aromatic carbocycles. The fourth-order valence-corrected chi connectivity index (χ4v) is 4.27. The van der Waals surface area contributed by atoms with Crippen LogP contribution in [0.15, 0.2) is 51.8 Å². The lowest BCUT2D eigenvalue weighted by atomic mass is 10.2. The zero-order chi connectivity index (χ0) is 19.6. The Bertz CT molecular complexity index is 958.